The van der Waals surface area contributed by atoms with Crippen molar-refractivity contribution in [1.82, 2.24) is 10.1 Å². The van der Waals surface area contributed by atoms with Gasteiger partial charge in [-0.25, -0.2) is 9.37 Å². The molecule has 0 unspecified atom stereocenters. The van der Waals surface area contributed by atoms with Crippen molar-refractivity contribution in [3.8, 4) is 11.1 Å². The number of aliphatic carboxylic acids is 1. The third-order valence-corrected chi connectivity index (χ3v) is 4.85. The number of carboxylic acid groups (broad SMARTS) is 1. The van der Waals surface area contributed by atoms with Gasteiger partial charge < -0.3 is 20.7 Å². The van der Waals surface area contributed by atoms with Crippen LogP contribution < -0.4 is 11.1 Å². The summed E-state index contributed by atoms with van der Waals surface area (Å²) in [5, 5.41) is 13.9. The van der Waals surface area contributed by atoms with Crippen molar-refractivity contribution in [1.29, 1.82) is 0 Å². The molecule has 4 rings (SSSR count). The summed E-state index contributed by atoms with van der Waals surface area (Å²) in [5.41, 5.74) is 7.89. The Morgan fingerprint density at radius 2 is 1.84 bits per heavy atom. The van der Waals surface area contributed by atoms with Crippen LogP contribution in [0.1, 0.15) is 31.1 Å². The van der Waals surface area contributed by atoms with Crippen LogP contribution in [0.4, 0.5) is 16.0 Å². The molecule has 1 aromatic carbocycles. The van der Waals surface area contributed by atoms with Gasteiger partial charge in [-0.1, -0.05) is 29.4 Å². The molecule has 3 aromatic rings. The molecule has 0 aliphatic heterocycles. The Hall–Kier alpha value is -3.75. The number of alkyl halides is 1. The molecular formula is C22H23FN4O4. The van der Waals surface area contributed by atoms with E-state index in [1.165, 1.54) is 0 Å². The zero-order chi connectivity index (χ0) is 22.4. The van der Waals surface area contributed by atoms with E-state index in [0.717, 1.165) is 36.5 Å². The largest absolute Gasteiger partial charge is 0.481 e. The van der Waals surface area contributed by atoms with Crippen LogP contribution in [-0.4, -0.2) is 33.8 Å². The number of hydrogen-bond donors (Lipinski definition) is 3. The number of nitrogen functional groups attached to an aromatic ring is 1. The summed E-state index contributed by atoms with van der Waals surface area (Å²) < 4.78 is 18.3. The minimum atomic E-state index is -0.833. The SMILES string of the molecule is CC(=O)O.Nc1ccc(-c2ccc(CC(=O)Nc3cc(C4(CF)CC4)on3)cc2)cn1. The minimum Gasteiger partial charge on any atom is -0.481 e. The summed E-state index contributed by atoms with van der Waals surface area (Å²) in [4.78, 5) is 25.3. The van der Waals surface area contributed by atoms with Crippen molar-refractivity contribution < 1.29 is 23.6 Å². The average molecular weight is 426 g/mol. The first kappa shape index (κ1) is 21.9. The van der Waals surface area contributed by atoms with Crippen LogP contribution >= 0.6 is 0 Å². The molecule has 1 aliphatic rings. The van der Waals surface area contributed by atoms with Gasteiger partial charge in [0.1, 0.15) is 18.3 Å². The second-order valence-electron chi connectivity index (χ2n) is 7.40. The average Bonchev–Trinajstić information content (AvgIpc) is 3.40. The van der Waals surface area contributed by atoms with Gasteiger partial charge in [0.25, 0.3) is 5.97 Å². The molecule has 0 radical (unpaired) electrons. The lowest BCUT2D eigenvalue weighted by Crippen LogP contribution is -2.14. The normalized spacial score (nSPS) is 13.6. The molecule has 0 bridgehead atoms. The Kier molecular flexibility index (Phi) is 6.64. The second kappa shape index (κ2) is 9.38. The van der Waals surface area contributed by atoms with Crippen molar-refractivity contribution in [2.75, 3.05) is 17.7 Å². The Morgan fingerprint density at radius 1 is 1.19 bits per heavy atom. The fourth-order valence-electron chi connectivity index (χ4n) is 2.94. The van der Waals surface area contributed by atoms with Gasteiger partial charge in [-0.2, -0.15) is 0 Å². The maximum Gasteiger partial charge on any atom is 0.300 e. The summed E-state index contributed by atoms with van der Waals surface area (Å²) in [6, 6.07) is 12.9. The highest BCUT2D eigenvalue weighted by molar-refractivity contribution is 5.91. The first-order chi connectivity index (χ1) is 14.8. The van der Waals surface area contributed by atoms with Gasteiger partial charge in [0, 0.05) is 24.8 Å². The third kappa shape index (κ3) is 5.88. The topological polar surface area (TPSA) is 131 Å². The third-order valence-electron chi connectivity index (χ3n) is 4.85. The van der Waals surface area contributed by atoms with E-state index in [1.54, 1.807) is 18.3 Å². The maximum absolute atomic E-state index is 13.1. The van der Waals surface area contributed by atoms with Crippen molar-refractivity contribution in [3.05, 3.63) is 60.0 Å². The fraction of sp³-hybridized carbons (Fsp3) is 0.273. The monoisotopic (exact) mass is 426 g/mol. The quantitative estimate of drug-likeness (QED) is 0.549. The molecule has 0 atom stereocenters. The molecule has 162 valence electrons. The number of anilines is 2. The summed E-state index contributed by atoms with van der Waals surface area (Å²) in [6.45, 7) is 0.617. The number of nitrogens with one attached hydrogen (secondary N) is 1. The molecule has 4 N–H and O–H groups in total. The molecule has 2 aromatic heterocycles. The number of hydrogen-bond acceptors (Lipinski definition) is 6. The maximum atomic E-state index is 13.1. The second-order valence-corrected chi connectivity index (χ2v) is 7.40. The Morgan fingerprint density at radius 3 is 2.39 bits per heavy atom. The first-order valence-corrected chi connectivity index (χ1v) is 9.65. The number of nitrogens with zero attached hydrogens (tertiary/aromatic N) is 2. The standard InChI is InChI=1S/C20H19FN4O2.C2H4O2/c21-12-20(7-8-20)16-10-18(25-27-16)24-19(26)9-13-1-3-14(4-2-13)15-5-6-17(22)23-11-15;1-2(3)4/h1-6,10-11H,7-9,12H2,(H2,22,23)(H,24,25,26);1H3,(H,3,4). The number of carboxylic acids is 1. The molecule has 8 nitrogen and oxygen atoms in total. The number of aromatic nitrogens is 2. The van der Waals surface area contributed by atoms with Crippen LogP contribution in [-0.2, 0) is 21.4 Å². The van der Waals surface area contributed by atoms with Gasteiger partial charge in [0.15, 0.2) is 5.82 Å². The molecule has 1 fully saturated rings. The number of rotatable bonds is 6. The number of carbonyl (C=O) groups excluding carboxylic acids is 1. The molecule has 31 heavy (non-hydrogen) atoms. The van der Waals surface area contributed by atoms with Gasteiger partial charge in [-0.3, -0.25) is 9.59 Å². The van der Waals surface area contributed by atoms with E-state index in [0.29, 0.717) is 17.4 Å². The number of pyridine rings is 1. The molecule has 1 amide bonds. The highest BCUT2D eigenvalue weighted by Gasteiger charge is 2.48. The van der Waals surface area contributed by atoms with Crippen LogP contribution in [0.3, 0.4) is 0 Å². The van der Waals surface area contributed by atoms with Crippen LogP contribution in [0.25, 0.3) is 11.1 Å². The summed E-state index contributed by atoms with van der Waals surface area (Å²) in [7, 11) is 0. The van der Waals surface area contributed by atoms with E-state index in [4.69, 9.17) is 20.2 Å². The van der Waals surface area contributed by atoms with Crippen molar-refractivity contribution in [3.63, 3.8) is 0 Å². The van der Waals surface area contributed by atoms with E-state index >= 15 is 0 Å². The van der Waals surface area contributed by atoms with E-state index in [2.05, 4.69) is 15.5 Å². The van der Waals surface area contributed by atoms with Gasteiger partial charge in [-0.05, 0) is 36.1 Å². The molecule has 1 saturated carbocycles. The lowest BCUT2D eigenvalue weighted by molar-refractivity contribution is -0.134. The van der Waals surface area contributed by atoms with Gasteiger partial charge in [0.2, 0.25) is 5.91 Å². The smallest absolute Gasteiger partial charge is 0.300 e. The van der Waals surface area contributed by atoms with E-state index < -0.39 is 18.1 Å². The fourth-order valence-corrected chi connectivity index (χ4v) is 2.94. The number of benzene rings is 1. The minimum absolute atomic E-state index is 0.205. The van der Waals surface area contributed by atoms with Gasteiger partial charge in [0.05, 0.1) is 11.8 Å². The summed E-state index contributed by atoms with van der Waals surface area (Å²) in [6.07, 6.45) is 3.42. The predicted molar refractivity (Wildman–Crippen MR) is 113 cm³/mol. The van der Waals surface area contributed by atoms with Crippen LogP contribution in [0.15, 0.2) is 53.2 Å². The molecule has 9 heteroatoms. The Bertz CT molecular complexity index is 1040. The molecule has 2 heterocycles. The highest BCUT2D eigenvalue weighted by Crippen LogP contribution is 2.48. The molecule has 0 saturated heterocycles. The van der Waals surface area contributed by atoms with Crippen molar-refractivity contribution in [2.45, 2.75) is 31.6 Å². The molecular weight excluding hydrogens is 403 g/mol. The van der Waals surface area contributed by atoms with E-state index in [-0.39, 0.29) is 12.3 Å². The summed E-state index contributed by atoms with van der Waals surface area (Å²) in [5.74, 6) is 0.255. The number of amides is 1. The summed E-state index contributed by atoms with van der Waals surface area (Å²) >= 11 is 0. The first-order valence-electron chi connectivity index (χ1n) is 9.65. The lowest BCUT2D eigenvalue weighted by atomic mass is 10.0. The predicted octanol–water partition coefficient (Wildman–Crippen LogP) is 3.59. The van der Waals surface area contributed by atoms with Crippen molar-refractivity contribution in [2.24, 2.45) is 0 Å². The number of carbonyl (C=O) groups is 2. The molecule has 0 spiro atoms. The number of halogens is 1. The Balaban J connectivity index is 0.000000628. The molecule has 1 aliphatic carbocycles. The van der Waals surface area contributed by atoms with Crippen molar-refractivity contribution >= 4 is 23.5 Å². The van der Waals surface area contributed by atoms with E-state index in [1.807, 2.05) is 30.3 Å². The van der Waals surface area contributed by atoms with Crippen LogP contribution in [0.5, 0.6) is 0 Å². The Labute approximate surface area is 178 Å². The van der Waals surface area contributed by atoms with E-state index in [9.17, 15) is 9.18 Å². The highest BCUT2D eigenvalue weighted by atomic mass is 19.1. The zero-order valence-electron chi connectivity index (χ0n) is 17.0. The zero-order valence-corrected chi connectivity index (χ0v) is 17.0. The van der Waals surface area contributed by atoms with Gasteiger partial charge in [-0.15, -0.1) is 0 Å². The van der Waals surface area contributed by atoms with Crippen LogP contribution in [0, 0.1) is 0 Å². The number of nitrogens with two attached hydrogens (primary N) is 1. The lowest BCUT2D eigenvalue weighted by Gasteiger charge is -2.05. The van der Waals surface area contributed by atoms with Crippen LogP contribution in [0.2, 0.25) is 0 Å². The van der Waals surface area contributed by atoms with Gasteiger partial charge >= 0.3 is 0 Å².